The lowest BCUT2D eigenvalue weighted by Gasteiger charge is -2.05. The van der Waals surface area contributed by atoms with Gasteiger partial charge in [-0.05, 0) is 11.6 Å². The van der Waals surface area contributed by atoms with Gasteiger partial charge in [-0.2, -0.15) is 0 Å². The zero-order valence-electron chi connectivity index (χ0n) is 8.37. The van der Waals surface area contributed by atoms with Crippen LogP contribution < -0.4 is 5.32 Å². The molecule has 0 spiro atoms. The molecule has 4 heteroatoms. The zero-order chi connectivity index (χ0) is 10.9. The summed E-state index contributed by atoms with van der Waals surface area (Å²) in [6.07, 6.45) is 8.54. The minimum Gasteiger partial charge on any atom is -0.312 e. The normalized spacial score (nSPS) is 9.87. The van der Waals surface area contributed by atoms with E-state index < -0.39 is 0 Å². The molecule has 1 aromatic heterocycles. The highest BCUT2D eigenvalue weighted by molar-refractivity contribution is 7.99. The summed E-state index contributed by atoms with van der Waals surface area (Å²) in [7, 11) is 0. The molecule has 0 amide bonds. The summed E-state index contributed by atoms with van der Waals surface area (Å²) in [5.74, 6) is 4.39. The van der Waals surface area contributed by atoms with E-state index in [1.54, 1.807) is 24.2 Å². The first kappa shape index (κ1) is 12.4. The van der Waals surface area contributed by atoms with Crippen molar-refractivity contribution in [2.75, 3.05) is 18.1 Å². The second kappa shape index (κ2) is 7.58. The van der Waals surface area contributed by atoms with Crippen LogP contribution in [0.1, 0.15) is 5.56 Å². The molecule has 0 aliphatic carbocycles. The van der Waals surface area contributed by atoms with Gasteiger partial charge < -0.3 is 5.32 Å². The number of thioether (sulfide) groups is 1. The molecule has 1 rings (SSSR count). The highest BCUT2D eigenvalue weighted by atomic mass is 35.5. The third-order valence-electron chi connectivity index (χ3n) is 1.78. The molecule has 0 saturated heterocycles. The van der Waals surface area contributed by atoms with Crippen molar-refractivity contribution in [1.29, 1.82) is 0 Å². The van der Waals surface area contributed by atoms with Crippen molar-refractivity contribution in [1.82, 2.24) is 10.3 Å². The Bertz CT molecular complexity index is 336. The first-order chi connectivity index (χ1) is 7.34. The minimum absolute atomic E-state index is 0.710. The van der Waals surface area contributed by atoms with Crippen molar-refractivity contribution >= 4 is 23.4 Å². The molecule has 0 aliphatic rings. The monoisotopic (exact) mass is 240 g/mol. The molecule has 0 atom stereocenters. The van der Waals surface area contributed by atoms with Crippen LogP contribution in [0.15, 0.2) is 18.5 Å². The average molecular weight is 241 g/mol. The van der Waals surface area contributed by atoms with E-state index in [2.05, 4.69) is 16.2 Å². The standard InChI is InChI=1S/C11H13ClN2S/c1-2-6-15-7-5-14-8-10-3-4-13-9-11(10)12/h1,3-4,9,14H,5-8H2. The highest BCUT2D eigenvalue weighted by Gasteiger charge is 1.97. The predicted octanol–water partition coefficient (Wildman–Crippen LogP) is 2.19. The van der Waals surface area contributed by atoms with Crippen LogP contribution >= 0.6 is 23.4 Å². The van der Waals surface area contributed by atoms with Crippen LogP contribution in [0.4, 0.5) is 0 Å². The largest absolute Gasteiger partial charge is 0.312 e. The summed E-state index contributed by atoms with van der Waals surface area (Å²) in [6, 6.07) is 1.92. The zero-order valence-corrected chi connectivity index (χ0v) is 9.94. The molecule has 0 unspecified atom stereocenters. The molecular formula is C11H13ClN2S. The number of halogens is 1. The van der Waals surface area contributed by atoms with Crippen molar-refractivity contribution in [2.45, 2.75) is 6.54 Å². The van der Waals surface area contributed by atoms with Gasteiger partial charge in [0.2, 0.25) is 0 Å². The highest BCUT2D eigenvalue weighted by Crippen LogP contribution is 2.12. The second-order valence-electron chi connectivity index (χ2n) is 2.90. The Balaban J connectivity index is 2.16. The fourth-order valence-corrected chi connectivity index (χ4v) is 1.78. The van der Waals surface area contributed by atoms with E-state index in [4.69, 9.17) is 18.0 Å². The van der Waals surface area contributed by atoms with E-state index in [9.17, 15) is 0 Å². The number of terminal acetylenes is 1. The van der Waals surface area contributed by atoms with Gasteiger partial charge in [0.05, 0.1) is 10.8 Å². The van der Waals surface area contributed by atoms with Gasteiger partial charge in [0, 0.05) is 31.2 Å². The number of nitrogens with one attached hydrogen (secondary N) is 1. The smallest absolute Gasteiger partial charge is 0.0634 e. The molecule has 1 aromatic rings. The SMILES string of the molecule is C#CCSCCNCc1ccncc1Cl. The van der Waals surface area contributed by atoms with E-state index in [1.807, 2.05) is 6.07 Å². The Morgan fingerprint density at radius 2 is 2.47 bits per heavy atom. The first-order valence-electron chi connectivity index (χ1n) is 4.65. The lowest BCUT2D eigenvalue weighted by Crippen LogP contribution is -2.16. The van der Waals surface area contributed by atoms with Gasteiger partial charge in [0.15, 0.2) is 0 Å². The van der Waals surface area contributed by atoms with Crippen molar-refractivity contribution in [2.24, 2.45) is 0 Å². The van der Waals surface area contributed by atoms with Crippen LogP contribution in [0.5, 0.6) is 0 Å². The maximum Gasteiger partial charge on any atom is 0.0634 e. The van der Waals surface area contributed by atoms with Crippen LogP contribution in [0.3, 0.4) is 0 Å². The van der Waals surface area contributed by atoms with Crippen molar-refractivity contribution < 1.29 is 0 Å². The Hall–Kier alpha value is -0.690. The van der Waals surface area contributed by atoms with E-state index in [-0.39, 0.29) is 0 Å². The summed E-state index contributed by atoms with van der Waals surface area (Å²) in [4.78, 5) is 3.93. The quantitative estimate of drug-likeness (QED) is 0.610. The van der Waals surface area contributed by atoms with Crippen molar-refractivity contribution in [3.05, 3.63) is 29.0 Å². The molecule has 0 bridgehead atoms. The Morgan fingerprint density at radius 1 is 1.60 bits per heavy atom. The van der Waals surface area contributed by atoms with Gasteiger partial charge in [-0.3, -0.25) is 4.98 Å². The minimum atomic E-state index is 0.710. The van der Waals surface area contributed by atoms with Crippen molar-refractivity contribution in [3.63, 3.8) is 0 Å². The van der Waals surface area contributed by atoms with Crippen LogP contribution in [0.2, 0.25) is 5.02 Å². The Labute approximate surface area is 99.8 Å². The fourth-order valence-electron chi connectivity index (χ4n) is 1.05. The molecular weight excluding hydrogens is 228 g/mol. The van der Waals surface area contributed by atoms with Gasteiger partial charge in [-0.1, -0.05) is 17.5 Å². The van der Waals surface area contributed by atoms with E-state index >= 15 is 0 Å². The number of nitrogens with zero attached hydrogens (tertiary/aromatic N) is 1. The molecule has 1 N–H and O–H groups in total. The van der Waals surface area contributed by atoms with Crippen LogP contribution in [0.25, 0.3) is 0 Å². The second-order valence-corrected chi connectivity index (χ2v) is 4.41. The van der Waals surface area contributed by atoms with Crippen molar-refractivity contribution in [3.8, 4) is 12.3 Å². The van der Waals surface area contributed by atoms with Crippen LogP contribution in [-0.4, -0.2) is 23.0 Å². The summed E-state index contributed by atoms with van der Waals surface area (Å²) < 4.78 is 0. The van der Waals surface area contributed by atoms with Crippen LogP contribution in [-0.2, 0) is 6.54 Å². The fraction of sp³-hybridized carbons (Fsp3) is 0.364. The molecule has 0 radical (unpaired) electrons. The van der Waals surface area contributed by atoms with Gasteiger partial charge in [0.25, 0.3) is 0 Å². The van der Waals surface area contributed by atoms with Gasteiger partial charge in [0.1, 0.15) is 0 Å². The third kappa shape index (κ3) is 5.08. The maximum absolute atomic E-state index is 5.95. The number of hydrogen-bond acceptors (Lipinski definition) is 3. The maximum atomic E-state index is 5.95. The number of hydrogen-bond donors (Lipinski definition) is 1. The number of aromatic nitrogens is 1. The summed E-state index contributed by atoms with van der Waals surface area (Å²) in [5, 5.41) is 4.01. The van der Waals surface area contributed by atoms with Gasteiger partial charge in [-0.25, -0.2) is 0 Å². The Morgan fingerprint density at radius 3 is 3.20 bits per heavy atom. The molecule has 0 aromatic carbocycles. The molecule has 0 aliphatic heterocycles. The molecule has 0 fully saturated rings. The number of pyridine rings is 1. The number of rotatable bonds is 6. The lowest BCUT2D eigenvalue weighted by molar-refractivity contribution is 0.731. The van der Waals surface area contributed by atoms with Crippen LogP contribution in [0, 0.1) is 12.3 Å². The van der Waals surface area contributed by atoms with E-state index in [1.165, 1.54) is 0 Å². The lowest BCUT2D eigenvalue weighted by atomic mass is 10.3. The summed E-state index contributed by atoms with van der Waals surface area (Å²) >= 11 is 7.70. The van der Waals surface area contributed by atoms with Gasteiger partial charge in [-0.15, -0.1) is 18.2 Å². The van der Waals surface area contributed by atoms with Gasteiger partial charge >= 0.3 is 0 Å². The molecule has 1 heterocycles. The van der Waals surface area contributed by atoms with E-state index in [0.29, 0.717) is 5.02 Å². The first-order valence-corrected chi connectivity index (χ1v) is 6.18. The Kier molecular flexibility index (Phi) is 6.26. The molecule has 0 saturated carbocycles. The molecule has 80 valence electrons. The molecule has 15 heavy (non-hydrogen) atoms. The third-order valence-corrected chi connectivity index (χ3v) is 2.98. The summed E-state index contributed by atoms with van der Waals surface area (Å²) in [5.41, 5.74) is 1.08. The summed E-state index contributed by atoms with van der Waals surface area (Å²) in [6.45, 7) is 1.71. The average Bonchev–Trinajstić information content (AvgIpc) is 2.25. The van der Waals surface area contributed by atoms with E-state index in [0.717, 1.165) is 30.2 Å². The molecule has 2 nitrogen and oxygen atoms in total. The topological polar surface area (TPSA) is 24.9 Å². The predicted molar refractivity (Wildman–Crippen MR) is 67.1 cm³/mol.